The number of hydrogen-bond acceptors (Lipinski definition) is 3. The SMILES string of the molecule is Cc1ccc(C(=O)N(Cc2nn(C)c3c2CNCC3)c2ccccc2)cc1. The van der Waals surface area contributed by atoms with E-state index in [9.17, 15) is 4.79 Å². The van der Waals surface area contributed by atoms with Crippen molar-refractivity contribution in [3.05, 3.63) is 82.7 Å². The van der Waals surface area contributed by atoms with Crippen molar-refractivity contribution < 1.29 is 4.79 Å². The van der Waals surface area contributed by atoms with Crippen LogP contribution in [0.25, 0.3) is 0 Å². The van der Waals surface area contributed by atoms with Gasteiger partial charge in [-0.05, 0) is 31.2 Å². The first kappa shape index (κ1) is 17.5. The number of anilines is 1. The summed E-state index contributed by atoms with van der Waals surface area (Å²) in [5.74, 6) is -0.00984. The van der Waals surface area contributed by atoms with Crippen molar-refractivity contribution in [1.29, 1.82) is 0 Å². The Hall–Kier alpha value is -2.92. The largest absolute Gasteiger partial charge is 0.312 e. The smallest absolute Gasteiger partial charge is 0.258 e. The summed E-state index contributed by atoms with van der Waals surface area (Å²) in [6.45, 7) is 4.26. The van der Waals surface area contributed by atoms with E-state index in [1.54, 1.807) is 0 Å². The second-order valence-electron chi connectivity index (χ2n) is 7.02. The maximum Gasteiger partial charge on any atom is 0.258 e. The second kappa shape index (κ2) is 7.37. The minimum absolute atomic E-state index is 0.00984. The summed E-state index contributed by atoms with van der Waals surface area (Å²) in [5.41, 5.74) is 6.16. The molecule has 0 fully saturated rings. The van der Waals surface area contributed by atoms with E-state index in [1.165, 1.54) is 11.3 Å². The Kier molecular flexibility index (Phi) is 4.77. The Morgan fingerprint density at radius 3 is 2.63 bits per heavy atom. The van der Waals surface area contributed by atoms with E-state index in [0.29, 0.717) is 12.1 Å². The van der Waals surface area contributed by atoms with Crippen LogP contribution in [0.5, 0.6) is 0 Å². The Morgan fingerprint density at radius 1 is 1.15 bits per heavy atom. The lowest BCUT2D eigenvalue weighted by Crippen LogP contribution is -2.32. The number of amides is 1. The fourth-order valence-corrected chi connectivity index (χ4v) is 3.62. The minimum atomic E-state index is -0.00984. The van der Waals surface area contributed by atoms with E-state index in [4.69, 9.17) is 5.10 Å². The zero-order chi connectivity index (χ0) is 18.8. The van der Waals surface area contributed by atoms with Gasteiger partial charge >= 0.3 is 0 Å². The molecule has 4 rings (SSSR count). The van der Waals surface area contributed by atoms with Gasteiger partial charge in [0.05, 0.1) is 12.2 Å². The Balaban J connectivity index is 1.71. The monoisotopic (exact) mass is 360 g/mol. The van der Waals surface area contributed by atoms with Crippen LogP contribution in [0.3, 0.4) is 0 Å². The molecule has 0 aliphatic carbocycles. The molecule has 3 aromatic rings. The highest BCUT2D eigenvalue weighted by Crippen LogP contribution is 2.24. The molecule has 1 aliphatic rings. The minimum Gasteiger partial charge on any atom is -0.312 e. The van der Waals surface area contributed by atoms with Crippen LogP contribution in [0.2, 0.25) is 0 Å². The van der Waals surface area contributed by atoms with E-state index in [-0.39, 0.29) is 5.91 Å². The topological polar surface area (TPSA) is 50.2 Å². The lowest BCUT2D eigenvalue weighted by Gasteiger charge is -2.23. The first-order chi connectivity index (χ1) is 13.1. The molecule has 1 N–H and O–H groups in total. The summed E-state index contributed by atoms with van der Waals surface area (Å²) in [5, 5.41) is 8.15. The molecule has 0 bridgehead atoms. The van der Waals surface area contributed by atoms with Crippen LogP contribution < -0.4 is 10.2 Å². The number of nitrogens with one attached hydrogen (secondary N) is 1. The van der Waals surface area contributed by atoms with Gasteiger partial charge in [-0.2, -0.15) is 5.10 Å². The third kappa shape index (κ3) is 3.51. The molecule has 0 atom stereocenters. The molecule has 0 unspecified atom stereocenters. The summed E-state index contributed by atoms with van der Waals surface area (Å²) < 4.78 is 1.96. The molecule has 0 saturated carbocycles. The van der Waals surface area contributed by atoms with E-state index >= 15 is 0 Å². The molecule has 5 heteroatoms. The first-order valence-electron chi connectivity index (χ1n) is 9.31. The van der Waals surface area contributed by atoms with Crippen molar-refractivity contribution in [3.63, 3.8) is 0 Å². The number of nitrogens with zero attached hydrogens (tertiary/aromatic N) is 3. The predicted molar refractivity (Wildman–Crippen MR) is 107 cm³/mol. The van der Waals surface area contributed by atoms with Crippen LogP contribution in [0.15, 0.2) is 54.6 Å². The number of hydrogen-bond donors (Lipinski definition) is 1. The molecular weight excluding hydrogens is 336 g/mol. The molecule has 138 valence electrons. The average Bonchev–Trinajstić information content (AvgIpc) is 3.03. The van der Waals surface area contributed by atoms with Gasteiger partial charge in [-0.3, -0.25) is 9.48 Å². The highest BCUT2D eigenvalue weighted by Gasteiger charge is 2.24. The number of carbonyl (C=O) groups is 1. The van der Waals surface area contributed by atoms with Gasteiger partial charge in [0, 0.05) is 49.1 Å². The van der Waals surface area contributed by atoms with Crippen molar-refractivity contribution >= 4 is 11.6 Å². The van der Waals surface area contributed by atoms with Crippen molar-refractivity contribution in [1.82, 2.24) is 15.1 Å². The van der Waals surface area contributed by atoms with Gasteiger partial charge in [0.1, 0.15) is 0 Å². The van der Waals surface area contributed by atoms with Gasteiger partial charge < -0.3 is 10.2 Å². The summed E-state index contributed by atoms with van der Waals surface area (Å²) in [6, 6.07) is 17.6. The summed E-state index contributed by atoms with van der Waals surface area (Å²) in [7, 11) is 1.99. The van der Waals surface area contributed by atoms with E-state index in [1.807, 2.05) is 78.2 Å². The van der Waals surface area contributed by atoms with Crippen LogP contribution >= 0.6 is 0 Å². The van der Waals surface area contributed by atoms with Gasteiger partial charge in [0.25, 0.3) is 5.91 Å². The van der Waals surface area contributed by atoms with Crippen molar-refractivity contribution in [2.24, 2.45) is 7.05 Å². The van der Waals surface area contributed by atoms with Crippen molar-refractivity contribution in [3.8, 4) is 0 Å². The first-order valence-corrected chi connectivity index (χ1v) is 9.31. The fourth-order valence-electron chi connectivity index (χ4n) is 3.62. The van der Waals surface area contributed by atoms with E-state index < -0.39 is 0 Å². The summed E-state index contributed by atoms with van der Waals surface area (Å²) >= 11 is 0. The molecule has 27 heavy (non-hydrogen) atoms. The number of fused-ring (bicyclic) bond motifs is 1. The van der Waals surface area contributed by atoms with Crippen LogP contribution in [0.1, 0.15) is 32.9 Å². The average molecular weight is 360 g/mol. The van der Waals surface area contributed by atoms with E-state index in [2.05, 4.69) is 5.32 Å². The summed E-state index contributed by atoms with van der Waals surface area (Å²) in [6.07, 6.45) is 0.968. The number of aromatic nitrogens is 2. The van der Waals surface area contributed by atoms with Gasteiger partial charge in [0.2, 0.25) is 0 Å². The molecule has 2 aromatic carbocycles. The Labute approximate surface area is 159 Å². The maximum atomic E-state index is 13.3. The Morgan fingerprint density at radius 2 is 1.89 bits per heavy atom. The maximum absolute atomic E-state index is 13.3. The van der Waals surface area contributed by atoms with Crippen LogP contribution in [-0.4, -0.2) is 22.2 Å². The van der Waals surface area contributed by atoms with Crippen LogP contribution in [0, 0.1) is 6.92 Å². The van der Waals surface area contributed by atoms with E-state index in [0.717, 1.165) is 36.5 Å². The number of carbonyl (C=O) groups excluding carboxylic acids is 1. The van der Waals surface area contributed by atoms with Gasteiger partial charge in [0.15, 0.2) is 0 Å². The predicted octanol–water partition coefficient (Wildman–Crippen LogP) is 3.22. The van der Waals surface area contributed by atoms with Crippen LogP contribution in [-0.2, 0) is 26.6 Å². The molecule has 0 spiro atoms. The third-order valence-corrected chi connectivity index (χ3v) is 5.12. The molecule has 0 radical (unpaired) electrons. The quantitative estimate of drug-likeness (QED) is 0.777. The lowest BCUT2D eigenvalue weighted by molar-refractivity contribution is 0.0984. The Bertz CT molecular complexity index is 944. The van der Waals surface area contributed by atoms with Gasteiger partial charge in [-0.25, -0.2) is 0 Å². The molecule has 5 nitrogen and oxygen atoms in total. The fraction of sp³-hybridized carbons (Fsp3) is 0.273. The zero-order valence-corrected chi connectivity index (χ0v) is 15.8. The highest BCUT2D eigenvalue weighted by molar-refractivity contribution is 6.06. The molecule has 1 aliphatic heterocycles. The normalized spacial score (nSPS) is 13.3. The van der Waals surface area contributed by atoms with Crippen molar-refractivity contribution in [2.45, 2.75) is 26.4 Å². The third-order valence-electron chi connectivity index (χ3n) is 5.12. The van der Waals surface area contributed by atoms with Gasteiger partial charge in [-0.1, -0.05) is 35.9 Å². The van der Waals surface area contributed by atoms with Gasteiger partial charge in [-0.15, -0.1) is 0 Å². The number of benzene rings is 2. The number of aryl methyl sites for hydroxylation is 2. The molecule has 2 heterocycles. The molecular formula is C22H24N4O. The van der Waals surface area contributed by atoms with Crippen LogP contribution in [0.4, 0.5) is 5.69 Å². The summed E-state index contributed by atoms with van der Waals surface area (Å²) in [4.78, 5) is 15.1. The zero-order valence-electron chi connectivity index (χ0n) is 15.8. The molecule has 0 saturated heterocycles. The molecule has 1 amide bonds. The van der Waals surface area contributed by atoms with Crippen molar-refractivity contribution in [2.75, 3.05) is 11.4 Å². The lowest BCUT2D eigenvalue weighted by atomic mass is 10.1. The number of rotatable bonds is 4. The highest BCUT2D eigenvalue weighted by atomic mass is 16.2. The number of para-hydroxylation sites is 1. The standard InChI is InChI=1S/C22H24N4O/c1-16-8-10-17(11-9-16)22(27)26(18-6-4-3-5-7-18)15-20-19-14-23-13-12-21(19)25(2)24-20/h3-11,23H,12-15H2,1-2H3. The molecule has 1 aromatic heterocycles. The second-order valence-corrected chi connectivity index (χ2v) is 7.02.